The van der Waals surface area contributed by atoms with E-state index in [1.54, 1.807) is 0 Å². The molecule has 4 nitrogen and oxygen atoms in total. The van der Waals surface area contributed by atoms with Gasteiger partial charge in [-0.1, -0.05) is 30.3 Å². The van der Waals surface area contributed by atoms with Crippen LogP contribution in [0.15, 0.2) is 54.6 Å². The summed E-state index contributed by atoms with van der Waals surface area (Å²) in [4.78, 5) is 12.5. The van der Waals surface area contributed by atoms with Crippen LogP contribution in [0.1, 0.15) is 41.6 Å². The molecular weight excluding hydrogens is 312 g/mol. The zero-order valence-corrected chi connectivity index (χ0v) is 14.3. The summed E-state index contributed by atoms with van der Waals surface area (Å²) in [6.07, 6.45) is 4.57. The molecule has 2 heterocycles. The van der Waals surface area contributed by atoms with Crippen molar-refractivity contribution in [1.29, 1.82) is 0 Å². The highest BCUT2D eigenvalue weighted by Crippen LogP contribution is 2.27. The molecule has 2 aromatic rings. The number of benzene rings is 2. The number of fused-ring (bicyclic) bond motifs is 2. The summed E-state index contributed by atoms with van der Waals surface area (Å²) in [5, 5.41) is 6.79. The standard InChI is InChI=1S/C21H24N2O2/c24-21(23-19-12-17-8-9-18(13-19)22-17)16-6-10-20(11-7-16)25-14-15-4-2-1-3-5-15/h1-7,10-11,17-19,22H,8-9,12-14H2,(H,23,24). The maximum Gasteiger partial charge on any atom is 0.251 e. The van der Waals surface area contributed by atoms with E-state index in [4.69, 9.17) is 4.74 Å². The molecule has 2 atom stereocenters. The molecule has 2 fully saturated rings. The van der Waals surface area contributed by atoms with E-state index in [0.717, 1.165) is 24.2 Å². The van der Waals surface area contributed by atoms with Gasteiger partial charge < -0.3 is 15.4 Å². The van der Waals surface area contributed by atoms with E-state index in [9.17, 15) is 4.79 Å². The number of piperidine rings is 1. The summed E-state index contributed by atoms with van der Waals surface area (Å²) in [7, 11) is 0. The number of carbonyl (C=O) groups is 1. The van der Waals surface area contributed by atoms with Crippen molar-refractivity contribution >= 4 is 5.91 Å². The first-order valence-corrected chi connectivity index (χ1v) is 9.10. The van der Waals surface area contributed by atoms with Crippen molar-refractivity contribution in [3.05, 3.63) is 65.7 Å². The minimum absolute atomic E-state index is 0.0147. The second kappa shape index (κ2) is 7.28. The fraction of sp³-hybridized carbons (Fsp3) is 0.381. The van der Waals surface area contributed by atoms with Crippen molar-refractivity contribution in [2.45, 2.75) is 50.4 Å². The summed E-state index contributed by atoms with van der Waals surface area (Å²) in [6, 6.07) is 18.9. The van der Waals surface area contributed by atoms with Crippen LogP contribution >= 0.6 is 0 Å². The molecule has 25 heavy (non-hydrogen) atoms. The summed E-state index contributed by atoms with van der Waals surface area (Å²) >= 11 is 0. The first-order chi connectivity index (χ1) is 12.3. The van der Waals surface area contributed by atoms with E-state index in [1.165, 1.54) is 12.8 Å². The Kier molecular flexibility index (Phi) is 4.70. The van der Waals surface area contributed by atoms with Crippen molar-refractivity contribution in [2.24, 2.45) is 0 Å². The van der Waals surface area contributed by atoms with E-state index < -0.39 is 0 Å². The van der Waals surface area contributed by atoms with Crippen LogP contribution in [0.5, 0.6) is 5.75 Å². The molecule has 0 radical (unpaired) electrons. The van der Waals surface area contributed by atoms with Gasteiger partial charge in [-0.25, -0.2) is 0 Å². The van der Waals surface area contributed by atoms with Crippen LogP contribution in [0.4, 0.5) is 0 Å². The Balaban J connectivity index is 1.31. The number of ether oxygens (including phenoxy) is 1. The molecule has 4 rings (SSSR count). The van der Waals surface area contributed by atoms with Crippen molar-refractivity contribution in [2.75, 3.05) is 0 Å². The third kappa shape index (κ3) is 4.02. The fourth-order valence-corrected chi connectivity index (χ4v) is 3.89. The topological polar surface area (TPSA) is 50.4 Å². The molecule has 2 N–H and O–H groups in total. The monoisotopic (exact) mass is 336 g/mol. The largest absolute Gasteiger partial charge is 0.489 e. The third-order valence-corrected chi connectivity index (χ3v) is 5.17. The van der Waals surface area contributed by atoms with Crippen molar-refractivity contribution < 1.29 is 9.53 Å². The number of carbonyl (C=O) groups excluding carboxylic acids is 1. The number of hydrogen-bond acceptors (Lipinski definition) is 3. The van der Waals surface area contributed by atoms with E-state index in [1.807, 2.05) is 54.6 Å². The van der Waals surface area contributed by atoms with Gasteiger partial charge in [0.25, 0.3) is 5.91 Å². The zero-order valence-electron chi connectivity index (χ0n) is 14.3. The molecular formula is C21H24N2O2. The van der Waals surface area contributed by atoms with E-state index in [-0.39, 0.29) is 5.91 Å². The molecule has 0 aliphatic carbocycles. The van der Waals surface area contributed by atoms with Crippen molar-refractivity contribution in [1.82, 2.24) is 10.6 Å². The summed E-state index contributed by atoms with van der Waals surface area (Å²) in [5.41, 5.74) is 1.82. The van der Waals surface area contributed by atoms with Crippen LogP contribution in [0.2, 0.25) is 0 Å². The minimum Gasteiger partial charge on any atom is -0.489 e. The molecule has 2 unspecified atom stereocenters. The lowest BCUT2D eigenvalue weighted by molar-refractivity contribution is 0.0924. The maximum absolute atomic E-state index is 12.5. The second-order valence-corrected chi connectivity index (χ2v) is 7.08. The quantitative estimate of drug-likeness (QED) is 0.881. The minimum atomic E-state index is 0.0147. The highest BCUT2D eigenvalue weighted by atomic mass is 16.5. The van der Waals surface area contributed by atoms with Crippen LogP contribution in [0.25, 0.3) is 0 Å². The molecule has 2 aliphatic heterocycles. The molecule has 2 aromatic carbocycles. The number of hydrogen-bond donors (Lipinski definition) is 2. The van der Waals surface area contributed by atoms with Crippen molar-refractivity contribution in [3.8, 4) is 5.75 Å². The van der Waals surface area contributed by atoms with Gasteiger partial charge in [0, 0.05) is 23.7 Å². The smallest absolute Gasteiger partial charge is 0.251 e. The van der Waals surface area contributed by atoms with E-state index in [0.29, 0.717) is 30.3 Å². The molecule has 0 saturated carbocycles. The molecule has 1 amide bonds. The third-order valence-electron chi connectivity index (χ3n) is 5.17. The average Bonchev–Trinajstić information content (AvgIpc) is 2.99. The average molecular weight is 336 g/mol. The van der Waals surface area contributed by atoms with Gasteiger partial charge in [0.15, 0.2) is 0 Å². The van der Waals surface area contributed by atoms with E-state index >= 15 is 0 Å². The van der Waals surface area contributed by atoms with Crippen LogP contribution in [-0.2, 0) is 6.61 Å². The number of amides is 1. The molecule has 2 saturated heterocycles. The van der Waals surface area contributed by atoms with Gasteiger partial charge in [0.05, 0.1) is 0 Å². The predicted octanol–water partition coefficient (Wildman–Crippen LogP) is 3.28. The second-order valence-electron chi connectivity index (χ2n) is 7.08. The van der Waals surface area contributed by atoms with Gasteiger partial charge in [0.1, 0.15) is 12.4 Å². The lowest BCUT2D eigenvalue weighted by Crippen LogP contribution is -2.48. The first kappa shape index (κ1) is 16.2. The van der Waals surface area contributed by atoms with Crippen LogP contribution in [0, 0.1) is 0 Å². The highest BCUT2D eigenvalue weighted by molar-refractivity contribution is 5.94. The molecule has 0 spiro atoms. The molecule has 2 bridgehead atoms. The normalized spacial score (nSPS) is 24.7. The molecule has 4 heteroatoms. The van der Waals surface area contributed by atoms with Crippen molar-refractivity contribution in [3.63, 3.8) is 0 Å². The Morgan fingerprint density at radius 1 is 1.00 bits per heavy atom. The first-order valence-electron chi connectivity index (χ1n) is 9.10. The zero-order chi connectivity index (χ0) is 17.1. The lowest BCUT2D eigenvalue weighted by Gasteiger charge is -2.29. The Morgan fingerprint density at radius 2 is 1.68 bits per heavy atom. The van der Waals surface area contributed by atoms with Gasteiger partial charge >= 0.3 is 0 Å². The fourth-order valence-electron chi connectivity index (χ4n) is 3.89. The Labute approximate surface area is 148 Å². The summed E-state index contributed by atoms with van der Waals surface area (Å²) < 4.78 is 5.77. The van der Waals surface area contributed by atoms with Gasteiger partial charge in [-0.2, -0.15) is 0 Å². The van der Waals surface area contributed by atoms with Crippen LogP contribution in [-0.4, -0.2) is 24.0 Å². The maximum atomic E-state index is 12.5. The van der Waals surface area contributed by atoms with Gasteiger partial charge in [-0.05, 0) is 55.5 Å². The molecule has 0 aromatic heterocycles. The van der Waals surface area contributed by atoms with Gasteiger partial charge in [-0.15, -0.1) is 0 Å². The highest BCUT2D eigenvalue weighted by Gasteiger charge is 2.34. The summed E-state index contributed by atoms with van der Waals surface area (Å²) in [5.74, 6) is 0.793. The van der Waals surface area contributed by atoms with Gasteiger partial charge in [-0.3, -0.25) is 4.79 Å². The SMILES string of the molecule is O=C(NC1CC2CCC(C1)N2)c1ccc(OCc2ccccc2)cc1. The van der Waals surface area contributed by atoms with Gasteiger partial charge in [0.2, 0.25) is 0 Å². The predicted molar refractivity (Wildman–Crippen MR) is 97.6 cm³/mol. The lowest BCUT2D eigenvalue weighted by atomic mass is 9.99. The van der Waals surface area contributed by atoms with Crippen LogP contribution in [0.3, 0.4) is 0 Å². The molecule has 2 aliphatic rings. The Bertz CT molecular complexity index is 702. The van der Waals surface area contributed by atoms with E-state index in [2.05, 4.69) is 10.6 Å². The Hall–Kier alpha value is -2.33. The Morgan fingerprint density at radius 3 is 2.36 bits per heavy atom. The van der Waals surface area contributed by atoms with Crippen LogP contribution < -0.4 is 15.4 Å². The molecule has 130 valence electrons. The number of nitrogens with one attached hydrogen (secondary N) is 2. The summed E-state index contributed by atoms with van der Waals surface area (Å²) in [6.45, 7) is 0.532. The number of rotatable bonds is 5.